The average molecular weight is 523 g/mol. The third kappa shape index (κ3) is 4.02. The lowest BCUT2D eigenvalue weighted by atomic mass is 9.41. The van der Waals surface area contributed by atoms with Crippen molar-refractivity contribution in [2.24, 2.45) is 39.9 Å². The Morgan fingerprint density at radius 1 is 1.05 bits per heavy atom. The summed E-state index contributed by atoms with van der Waals surface area (Å²) in [4.78, 5) is 13.6. The number of rotatable bonds is 7. The Labute approximate surface area is 222 Å². The number of carbonyl (C=O) groups excluding carboxylic acids is 1. The number of ketones is 1. The van der Waals surface area contributed by atoms with Gasteiger partial charge < -0.3 is 30.6 Å². The lowest BCUT2D eigenvalue weighted by Gasteiger charge is -2.63. The van der Waals surface area contributed by atoms with Gasteiger partial charge in [0.2, 0.25) is 0 Å². The monoisotopic (exact) mass is 522 g/mol. The van der Waals surface area contributed by atoms with Gasteiger partial charge >= 0.3 is 0 Å². The Hall–Kier alpha value is -0.830. The molecule has 0 heterocycles. The molecule has 0 radical (unpaired) electrons. The second-order valence-electron chi connectivity index (χ2n) is 14.2. The maximum atomic E-state index is 13.6. The van der Waals surface area contributed by atoms with Crippen molar-refractivity contribution < 1.29 is 35.4 Å². The Morgan fingerprint density at radius 3 is 2.27 bits per heavy atom. The van der Waals surface area contributed by atoms with E-state index in [-0.39, 0.29) is 42.5 Å². The summed E-state index contributed by atoms with van der Waals surface area (Å²) in [6.45, 7) is 11.7. The molecule has 7 heteroatoms. The minimum Gasteiger partial charge on any atom is -0.396 e. The van der Waals surface area contributed by atoms with Gasteiger partial charge in [0.05, 0.1) is 29.5 Å². The van der Waals surface area contributed by atoms with Gasteiger partial charge in [-0.2, -0.15) is 0 Å². The van der Waals surface area contributed by atoms with E-state index in [0.29, 0.717) is 50.5 Å². The van der Waals surface area contributed by atoms with Crippen LogP contribution < -0.4 is 0 Å². The molecule has 0 aromatic heterocycles. The SMILES string of the molecule is CC(C)[C@H](CCO)C[C@@H](O)[C@](C)(O)[C@H]1CC[C@@]2(O)C3=CC(=O)[C@]4(C)C[C@@H](O)[C@@H](O)C[C@]4(C)[C@H]3CC[C@]12C. The molecular formula is C30H50O7. The number of hydrogen-bond donors (Lipinski definition) is 6. The quantitative estimate of drug-likeness (QED) is 0.302. The van der Waals surface area contributed by atoms with Crippen LogP contribution in [-0.4, -0.2) is 72.5 Å². The minimum atomic E-state index is -1.45. The smallest absolute Gasteiger partial charge is 0.162 e. The maximum Gasteiger partial charge on any atom is 0.162 e. The van der Waals surface area contributed by atoms with Crippen LogP contribution in [0.1, 0.15) is 92.9 Å². The Kier molecular flexibility index (Phi) is 7.39. The van der Waals surface area contributed by atoms with Gasteiger partial charge in [0.1, 0.15) is 0 Å². The normalized spacial score (nSPS) is 46.9. The second-order valence-corrected chi connectivity index (χ2v) is 14.2. The van der Waals surface area contributed by atoms with E-state index in [1.807, 2.05) is 20.8 Å². The van der Waals surface area contributed by atoms with Gasteiger partial charge in [0.15, 0.2) is 5.78 Å². The summed E-state index contributed by atoms with van der Waals surface area (Å²) in [5.41, 5.74) is -4.18. The van der Waals surface area contributed by atoms with Crippen molar-refractivity contribution in [3.05, 3.63) is 11.6 Å². The zero-order chi connectivity index (χ0) is 27.8. The average Bonchev–Trinajstić information content (AvgIpc) is 3.09. The van der Waals surface area contributed by atoms with Crippen LogP contribution >= 0.6 is 0 Å². The van der Waals surface area contributed by atoms with Crippen LogP contribution in [0.4, 0.5) is 0 Å². The molecule has 0 spiro atoms. The lowest BCUT2D eigenvalue weighted by Crippen LogP contribution is -2.65. The molecule has 0 amide bonds. The molecule has 0 bridgehead atoms. The number of aliphatic hydroxyl groups is 6. The fourth-order valence-electron chi connectivity index (χ4n) is 9.25. The molecule has 0 aromatic carbocycles. The molecule has 0 saturated heterocycles. The molecule has 6 N–H and O–H groups in total. The predicted molar refractivity (Wildman–Crippen MR) is 140 cm³/mol. The molecule has 4 rings (SSSR count). The number of carbonyl (C=O) groups is 1. The second kappa shape index (κ2) is 9.38. The first kappa shape index (κ1) is 29.2. The largest absolute Gasteiger partial charge is 0.396 e. The van der Waals surface area contributed by atoms with Crippen LogP contribution in [0.3, 0.4) is 0 Å². The third-order valence-electron chi connectivity index (χ3n) is 12.2. The van der Waals surface area contributed by atoms with Crippen LogP contribution in [-0.2, 0) is 4.79 Å². The maximum absolute atomic E-state index is 13.6. The molecule has 4 aliphatic rings. The van der Waals surface area contributed by atoms with E-state index in [9.17, 15) is 35.4 Å². The van der Waals surface area contributed by atoms with E-state index in [2.05, 4.69) is 13.8 Å². The van der Waals surface area contributed by atoms with Gasteiger partial charge in [0, 0.05) is 17.4 Å². The van der Waals surface area contributed by atoms with Crippen molar-refractivity contribution in [3.8, 4) is 0 Å². The van der Waals surface area contributed by atoms with Gasteiger partial charge in [-0.15, -0.1) is 0 Å². The van der Waals surface area contributed by atoms with Crippen LogP contribution in [0.2, 0.25) is 0 Å². The summed E-state index contributed by atoms with van der Waals surface area (Å²) in [5.74, 6) is -0.275. The highest BCUT2D eigenvalue weighted by molar-refractivity contribution is 5.97. The van der Waals surface area contributed by atoms with E-state index < -0.39 is 45.8 Å². The molecule has 11 atom stereocenters. The molecule has 37 heavy (non-hydrogen) atoms. The van der Waals surface area contributed by atoms with Crippen molar-refractivity contribution >= 4 is 5.78 Å². The van der Waals surface area contributed by atoms with E-state index in [4.69, 9.17) is 0 Å². The van der Waals surface area contributed by atoms with Crippen molar-refractivity contribution in [1.29, 1.82) is 0 Å². The fourth-order valence-corrected chi connectivity index (χ4v) is 9.25. The zero-order valence-electron chi connectivity index (χ0n) is 23.6. The summed E-state index contributed by atoms with van der Waals surface area (Å²) in [5, 5.41) is 66.0. The van der Waals surface area contributed by atoms with Crippen molar-refractivity contribution in [3.63, 3.8) is 0 Å². The molecule has 3 saturated carbocycles. The number of aliphatic hydroxyl groups excluding tert-OH is 4. The Morgan fingerprint density at radius 2 is 1.68 bits per heavy atom. The minimum absolute atomic E-state index is 0.0333. The molecule has 7 nitrogen and oxygen atoms in total. The third-order valence-corrected chi connectivity index (χ3v) is 12.2. The first-order chi connectivity index (χ1) is 17.0. The Bertz CT molecular complexity index is 929. The fraction of sp³-hybridized carbons (Fsp3) is 0.900. The highest BCUT2D eigenvalue weighted by Gasteiger charge is 2.71. The number of hydrogen-bond acceptors (Lipinski definition) is 7. The molecule has 0 aromatic rings. The van der Waals surface area contributed by atoms with Crippen LogP contribution in [0.15, 0.2) is 11.6 Å². The molecule has 0 unspecified atom stereocenters. The van der Waals surface area contributed by atoms with E-state index in [0.717, 1.165) is 0 Å². The molecule has 212 valence electrons. The summed E-state index contributed by atoms with van der Waals surface area (Å²) in [7, 11) is 0. The standard InChI is InChI=1S/C30H50O7/c1-17(2)18(9-12-31)13-25(35)29(6,36)23-8-11-30(37)20-14-24(34)28(5)16-22(33)21(32)15-27(28,4)19(20)7-10-26(23,30)3/h14,17-19,21-23,25,31-33,35-37H,7-13,15-16H2,1-6H3/t18-,19+,21+,22-,23+,25-,26-,27-,28+,29-,30-/m1/s1. The number of fused-ring (bicyclic) bond motifs is 5. The summed E-state index contributed by atoms with van der Waals surface area (Å²) < 4.78 is 0. The van der Waals surface area contributed by atoms with Gasteiger partial charge in [-0.3, -0.25) is 4.79 Å². The van der Waals surface area contributed by atoms with E-state index in [1.165, 1.54) is 0 Å². The van der Waals surface area contributed by atoms with Gasteiger partial charge in [0.25, 0.3) is 0 Å². The topological polar surface area (TPSA) is 138 Å². The molecular weight excluding hydrogens is 472 g/mol. The van der Waals surface area contributed by atoms with Gasteiger partial charge in [-0.1, -0.05) is 34.6 Å². The van der Waals surface area contributed by atoms with Crippen LogP contribution in [0.25, 0.3) is 0 Å². The summed E-state index contributed by atoms with van der Waals surface area (Å²) >= 11 is 0. The number of allylic oxidation sites excluding steroid dienone is 1. The zero-order valence-corrected chi connectivity index (χ0v) is 23.6. The van der Waals surface area contributed by atoms with Gasteiger partial charge in [-0.25, -0.2) is 0 Å². The first-order valence-electron chi connectivity index (χ1n) is 14.4. The highest BCUT2D eigenvalue weighted by Crippen LogP contribution is 2.70. The molecule has 4 aliphatic carbocycles. The van der Waals surface area contributed by atoms with Crippen molar-refractivity contribution in [1.82, 2.24) is 0 Å². The van der Waals surface area contributed by atoms with Crippen LogP contribution in [0, 0.1) is 39.9 Å². The predicted octanol–water partition coefficient (Wildman–Crippen LogP) is 2.74. The van der Waals surface area contributed by atoms with Crippen molar-refractivity contribution in [2.75, 3.05) is 6.61 Å². The summed E-state index contributed by atoms with van der Waals surface area (Å²) in [6, 6.07) is 0. The lowest BCUT2D eigenvalue weighted by molar-refractivity contribution is -0.189. The van der Waals surface area contributed by atoms with Crippen molar-refractivity contribution in [2.45, 2.75) is 122 Å². The highest BCUT2D eigenvalue weighted by atomic mass is 16.3. The van der Waals surface area contributed by atoms with E-state index >= 15 is 0 Å². The molecule has 3 fully saturated rings. The van der Waals surface area contributed by atoms with Gasteiger partial charge in [-0.05, 0) is 99.0 Å². The van der Waals surface area contributed by atoms with E-state index in [1.54, 1.807) is 13.0 Å². The molecule has 0 aliphatic heterocycles. The first-order valence-corrected chi connectivity index (χ1v) is 14.4. The van der Waals surface area contributed by atoms with Crippen LogP contribution in [0.5, 0.6) is 0 Å². The Balaban J connectivity index is 1.68. The summed E-state index contributed by atoms with van der Waals surface area (Å²) in [6.07, 6.45) is 2.45.